The third-order valence-corrected chi connectivity index (χ3v) is 2.50. The van der Waals surface area contributed by atoms with E-state index < -0.39 is 40.7 Å². The molecule has 0 saturated carbocycles. The first-order valence-corrected chi connectivity index (χ1v) is 5.88. The summed E-state index contributed by atoms with van der Waals surface area (Å²) in [6, 6.07) is 0. The molecule has 1 aliphatic heterocycles. The summed E-state index contributed by atoms with van der Waals surface area (Å²) in [7, 11) is 0. The van der Waals surface area contributed by atoms with E-state index >= 15 is 0 Å². The maximum Gasteiger partial charge on any atom is 0.508 e. The van der Waals surface area contributed by atoms with Crippen molar-refractivity contribution in [3.63, 3.8) is 0 Å². The average molecular weight is 323 g/mol. The molecule has 1 amide bonds. The molecule has 10 heteroatoms. The van der Waals surface area contributed by atoms with Gasteiger partial charge in [-0.15, -0.1) is 0 Å². The van der Waals surface area contributed by atoms with Crippen molar-refractivity contribution in [2.45, 2.75) is 23.0 Å². The number of hydrogen-bond acceptors (Lipinski definition) is 6. The first kappa shape index (κ1) is 15.6. The zero-order valence-corrected chi connectivity index (χ0v) is 11.3. The van der Waals surface area contributed by atoms with Crippen LogP contribution in [0.3, 0.4) is 0 Å². The average Bonchev–Trinajstić information content (AvgIpc) is 2.21. The number of carbonyl (C=O) groups excluding carboxylic acids is 2. The lowest BCUT2D eigenvalue weighted by Gasteiger charge is -2.36. The number of ether oxygens (including phenoxy) is 2. The summed E-state index contributed by atoms with van der Waals surface area (Å²) in [6.07, 6.45) is -2.88. The number of β-lactam (4-membered cyclic amide) rings is 1. The fraction of sp³-hybridized carbons (Fsp3) is 0.750. The molecule has 104 valence electrons. The fourth-order valence-electron chi connectivity index (χ4n) is 1.32. The van der Waals surface area contributed by atoms with Gasteiger partial charge in [-0.05, 0) is 6.92 Å². The van der Waals surface area contributed by atoms with E-state index in [1.54, 1.807) is 0 Å². The van der Waals surface area contributed by atoms with Crippen LogP contribution in [-0.4, -0.2) is 40.1 Å². The summed E-state index contributed by atoms with van der Waals surface area (Å²) in [6.45, 7) is 0.950. The molecule has 0 radical (unpaired) electrons. The summed E-state index contributed by atoms with van der Waals surface area (Å²) in [5.74, 6) is -1.24. The fourth-order valence-corrected chi connectivity index (χ4v) is 1.48. The normalized spacial score (nSPS) is 24.8. The third-order valence-electron chi connectivity index (χ3n) is 2.17. The minimum atomic E-state index is -1.74. The third kappa shape index (κ3) is 4.33. The van der Waals surface area contributed by atoms with Gasteiger partial charge in [-0.3, -0.25) is 4.79 Å². The topological polar surface area (TPSA) is 94.1 Å². The van der Waals surface area contributed by atoms with Crippen molar-refractivity contribution in [3.8, 4) is 0 Å². The van der Waals surface area contributed by atoms with Crippen molar-refractivity contribution in [2.24, 2.45) is 5.92 Å². The lowest BCUT2D eigenvalue weighted by molar-refractivity contribution is -0.313. The molecule has 7 nitrogen and oxygen atoms in total. The maximum atomic E-state index is 11.2. The zero-order chi connectivity index (χ0) is 13.9. The van der Waals surface area contributed by atoms with Crippen LogP contribution in [0.4, 0.5) is 4.79 Å². The summed E-state index contributed by atoms with van der Waals surface area (Å²) in [4.78, 5) is 26.3. The van der Waals surface area contributed by atoms with Gasteiger partial charge in [0.2, 0.25) is 9.70 Å². The van der Waals surface area contributed by atoms with Crippen LogP contribution in [0.25, 0.3) is 0 Å². The highest BCUT2D eigenvalue weighted by molar-refractivity contribution is 6.67. The van der Waals surface area contributed by atoms with Crippen LogP contribution in [0.5, 0.6) is 0 Å². The minimum absolute atomic E-state index is 0.421. The lowest BCUT2D eigenvalue weighted by Crippen LogP contribution is -2.63. The van der Waals surface area contributed by atoms with E-state index in [0.717, 1.165) is 0 Å². The first-order chi connectivity index (χ1) is 8.24. The van der Waals surface area contributed by atoms with Crippen molar-refractivity contribution in [1.82, 2.24) is 5.32 Å². The summed E-state index contributed by atoms with van der Waals surface area (Å²) < 4.78 is 7.53. The number of alkyl halides is 3. The molecular formula is C8H10Cl3NO6. The standard InChI is InChI=1S/C8H10Cl3NO6/c1-3(4-5(13)12-6(4)18-15)17-7(14)16-2-8(9,10)11/h3-4,6,15H,2H2,1H3,(H,12,13). The van der Waals surface area contributed by atoms with Gasteiger partial charge in [0.05, 0.1) is 0 Å². The van der Waals surface area contributed by atoms with Gasteiger partial charge in [-0.1, -0.05) is 34.8 Å². The highest BCUT2D eigenvalue weighted by Crippen LogP contribution is 2.26. The number of rotatable bonds is 4. The Balaban J connectivity index is 2.38. The number of hydrogen-bond donors (Lipinski definition) is 2. The van der Waals surface area contributed by atoms with Crippen molar-refractivity contribution < 1.29 is 29.2 Å². The largest absolute Gasteiger partial charge is 0.508 e. The molecule has 1 heterocycles. The van der Waals surface area contributed by atoms with Crippen molar-refractivity contribution >= 4 is 46.9 Å². The van der Waals surface area contributed by atoms with Crippen LogP contribution in [0.15, 0.2) is 0 Å². The van der Waals surface area contributed by atoms with E-state index in [0.29, 0.717) is 0 Å². The Morgan fingerprint density at radius 1 is 1.56 bits per heavy atom. The van der Waals surface area contributed by atoms with Gasteiger partial charge in [0.1, 0.15) is 18.6 Å². The molecular weight excluding hydrogens is 312 g/mol. The van der Waals surface area contributed by atoms with Crippen molar-refractivity contribution in [1.29, 1.82) is 0 Å². The van der Waals surface area contributed by atoms with Gasteiger partial charge in [0.25, 0.3) is 0 Å². The van der Waals surface area contributed by atoms with E-state index in [1.165, 1.54) is 6.92 Å². The van der Waals surface area contributed by atoms with Gasteiger partial charge < -0.3 is 14.8 Å². The van der Waals surface area contributed by atoms with E-state index in [1.807, 2.05) is 0 Å². The van der Waals surface area contributed by atoms with Crippen LogP contribution >= 0.6 is 34.8 Å². The molecule has 0 aromatic rings. The van der Waals surface area contributed by atoms with Crippen LogP contribution in [0, 0.1) is 5.92 Å². The molecule has 2 N–H and O–H groups in total. The second-order valence-electron chi connectivity index (χ2n) is 3.54. The molecule has 0 spiro atoms. The SMILES string of the molecule is CC(OC(=O)OCC(Cl)(Cl)Cl)C1C(=O)NC1OO. The smallest absolute Gasteiger partial charge is 0.430 e. The van der Waals surface area contributed by atoms with Gasteiger partial charge in [-0.25, -0.2) is 14.9 Å². The molecule has 3 unspecified atom stereocenters. The monoisotopic (exact) mass is 321 g/mol. The summed E-state index contributed by atoms with van der Waals surface area (Å²) >= 11 is 16.1. The molecule has 18 heavy (non-hydrogen) atoms. The molecule has 1 rings (SSSR count). The summed E-state index contributed by atoms with van der Waals surface area (Å²) in [5.41, 5.74) is 0. The Morgan fingerprint density at radius 2 is 2.17 bits per heavy atom. The Bertz CT molecular complexity index is 333. The van der Waals surface area contributed by atoms with Crippen LogP contribution < -0.4 is 5.32 Å². The van der Waals surface area contributed by atoms with Crippen LogP contribution in [-0.2, 0) is 19.2 Å². The molecule has 1 saturated heterocycles. The second-order valence-corrected chi connectivity index (χ2v) is 6.05. The first-order valence-electron chi connectivity index (χ1n) is 4.75. The molecule has 3 atom stereocenters. The zero-order valence-electron chi connectivity index (χ0n) is 9.06. The quantitative estimate of drug-likeness (QED) is 0.267. The van der Waals surface area contributed by atoms with Gasteiger partial charge >= 0.3 is 6.16 Å². The van der Waals surface area contributed by atoms with Gasteiger partial charge in [0.15, 0.2) is 6.23 Å². The van der Waals surface area contributed by atoms with E-state index in [4.69, 9.17) is 44.8 Å². The van der Waals surface area contributed by atoms with Crippen molar-refractivity contribution in [3.05, 3.63) is 0 Å². The van der Waals surface area contributed by atoms with Crippen LogP contribution in [0.1, 0.15) is 6.92 Å². The summed E-state index contributed by atoms with van der Waals surface area (Å²) in [5, 5.41) is 10.7. The molecule has 0 aromatic heterocycles. The maximum absolute atomic E-state index is 11.2. The lowest BCUT2D eigenvalue weighted by atomic mass is 9.93. The molecule has 0 aromatic carbocycles. The molecule has 0 bridgehead atoms. The number of nitrogens with one attached hydrogen (secondary N) is 1. The number of amides is 1. The highest BCUT2D eigenvalue weighted by Gasteiger charge is 2.46. The Hall–Kier alpha value is -0.470. The van der Waals surface area contributed by atoms with Gasteiger partial charge in [-0.2, -0.15) is 0 Å². The van der Waals surface area contributed by atoms with E-state index in [9.17, 15) is 9.59 Å². The highest BCUT2D eigenvalue weighted by atomic mass is 35.6. The Kier molecular flexibility index (Phi) is 5.30. The van der Waals surface area contributed by atoms with E-state index in [2.05, 4.69) is 14.9 Å². The Morgan fingerprint density at radius 3 is 2.61 bits per heavy atom. The molecule has 1 aliphatic rings. The predicted octanol–water partition coefficient (Wildman–Crippen LogP) is 1.46. The second kappa shape index (κ2) is 6.12. The minimum Gasteiger partial charge on any atom is -0.430 e. The van der Waals surface area contributed by atoms with Gasteiger partial charge in [0, 0.05) is 0 Å². The van der Waals surface area contributed by atoms with Crippen molar-refractivity contribution in [2.75, 3.05) is 6.61 Å². The predicted molar refractivity (Wildman–Crippen MR) is 61.3 cm³/mol. The Labute approximate surface area is 117 Å². The number of carbonyl (C=O) groups is 2. The molecule has 0 aliphatic carbocycles. The van der Waals surface area contributed by atoms with E-state index in [-0.39, 0.29) is 0 Å². The number of halogens is 3. The molecule has 1 fully saturated rings. The van der Waals surface area contributed by atoms with Crippen LogP contribution in [0.2, 0.25) is 0 Å².